The van der Waals surface area contributed by atoms with E-state index in [0.29, 0.717) is 19.1 Å². The van der Waals surface area contributed by atoms with E-state index in [4.69, 9.17) is 0 Å². The first-order valence-corrected chi connectivity index (χ1v) is 9.64. The summed E-state index contributed by atoms with van der Waals surface area (Å²) in [4.78, 5) is 8.68. The molecule has 0 radical (unpaired) electrons. The van der Waals surface area contributed by atoms with Crippen LogP contribution in [0.5, 0.6) is 0 Å². The summed E-state index contributed by atoms with van der Waals surface area (Å²) in [5.74, 6) is 0. The van der Waals surface area contributed by atoms with E-state index in [-0.39, 0.29) is 12.1 Å². The van der Waals surface area contributed by atoms with E-state index >= 15 is 0 Å². The second kappa shape index (κ2) is 8.95. The van der Waals surface area contributed by atoms with Crippen molar-refractivity contribution in [3.63, 3.8) is 0 Å². The summed E-state index contributed by atoms with van der Waals surface area (Å²) < 4.78 is 27.1. The van der Waals surface area contributed by atoms with Crippen LogP contribution in [-0.4, -0.2) is 108 Å². The molecule has 2 saturated heterocycles. The molecule has 2 atom stereocenters. The molecule has 2 aliphatic rings. The number of hydrogen-bond acceptors (Lipinski definition) is 5. The van der Waals surface area contributed by atoms with Gasteiger partial charge in [0.2, 0.25) is 0 Å². The lowest BCUT2D eigenvalue weighted by Gasteiger charge is -2.51. The van der Waals surface area contributed by atoms with Gasteiger partial charge in [0.15, 0.2) is 0 Å². The van der Waals surface area contributed by atoms with Crippen molar-refractivity contribution < 1.29 is 13.9 Å². The van der Waals surface area contributed by atoms with E-state index in [0.717, 1.165) is 44.8 Å². The zero-order valence-corrected chi connectivity index (χ0v) is 16.8. The van der Waals surface area contributed by atoms with Crippen molar-refractivity contribution in [3.8, 4) is 0 Å². The summed E-state index contributed by atoms with van der Waals surface area (Å²) in [5, 5.41) is 9.43. The van der Waals surface area contributed by atoms with E-state index in [9.17, 15) is 13.9 Å². The maximum atomic E-state index is 13.5. The number of aliphatic hydroxyl groups is 1. The van der Waals surface area contributed by atoms with Crippen molar-refractivity contribution in [2.75, 3.05) is 59.5 Å². The van der Waals surface area contributed by atoms with Crippen molar-refractivity contribution in [2.45, 2.75) is 51.2 Å². The third-order valence-corrected chi connectivity index (χ3v) is 5.82. The van der Waals surface area contributed by atoms with Gasteiger partial charge in [-0.05, 0) is 34.2 Å². The molecule has 0 saturated carbocycles. The zero-order chi connectivity index (χ0) is 19.5. The molecule has 0 aromatic heterocycles. The Hall–Kier alpha value is -0.760. The molecule has 2 rings (SSSR count). The van der Waals surface area contributed by atoms with E-state index in [1.54, 1.807) is 11.8 Å². The standard InChI is InChI=1S/C19H36F2N4O/c1-15(2)24-9-8-23(13-17(24)18(20)21)14-19(3,4)25-10-7-22(5)12-16(25)6-11-26/h16-18,26H,1,6-14H2,2-5H3. The highest BCUT2D eigenvalue weighted by Crippen LogP contribution is 2.27. The fourth-order valence-electron chi connectivity index (χ4n) is 4.54. The molecule has 0 spiro atoms. The second-order valence-corrected chi connectivity index (χ2v) is 8.50. The summed E-state index contributed by atoms with van der Waals surface area (Å²) in [7, 11) is 2.11. The molecule has 0 bridgehead atoms. The van der Waals surface area contributed by atoms with Crippen LogP contribution in [0.2, 0.25) is 0 Å². The van der Waals surface area contributed by atoms with Crippen molar-refractivity contribution in [2.24, 2.45) is 0 Å². The van der Waals surface area contributed by atoms with Gasteiger partial charge >= 0.3 is 0 Å². The average molecular weight is 375 g/mol. The first-order valence-electron chi connectivity index (χ1n) is 9.64. The van der Waals surface area contributed by atoms with Crippen LogP contribution in [0, 0.1) is 0 Å². The van der Waals surface area contributed by atoms with Crippen molar-refractivity contribution in [1.29, 1.82) is 0 Å². The minimum atomic E-state index is -2.37. The molecule has 26 heavy (non-hydrogen) atoms. The zero-order valence-electron chi connectivity index (χ0n) is 16.8. The minimum Gasteiger partial charge on any atom is -0.396 e. The maximum Gasteiger partial charge on any atom is 0.259 e. The molecule has 7 heteroatoms. The van der Waals surface area contributed by atoms with Crippen LogP contribution >= 0.6 is 0 Å². The smallest absolute Gasteiger partial charge is 0.259 e. The van der Waals surface area contributed by atoms with Gasteiger partial charge in [0.1, 0.15) is 6.04 Å². The first kappa shape index (κ1) is 21.5. The van der Waals surface area contributed by atoms with Gasteiger partial charge in [-0.15, -0.1) is 0 Å². The summed E-state index contributed by atoms with van der Waals surface area (Å²) in [6.45, 7) is 15.6. The second-order valence-electron chi connectivity index (χ2n) is 8.50. The topological polar surface area (TPSA) is 33.2 Å². The molecule has 152 valence electrons. The Labute approximate surface area is 157 Å². The van der Waals surface area contributed by atoms with Gasteiger partial charge in [0, 0.05) is 69.7 Å². The third kappa shape index (κ3) is 5.15. The quantitative estimate of drug-likeness (QED) is 0.731. The summed E-state index contributed by atoms with van der Waals surface area (Å²) in [5.41, 5.74) is 0.593. The normalized spacial score (nSPS) is 27.3. The number of likely N-dealkylation sites (N-methyl/N-ethyl adjacent to an activating group) is 1. The third-order valence-electron chi connectivity index (χ3n) is 5.82. The fraction of sp³-hybridized carbons (Fsp3) is 0.895. The number of aliphatic hydroxyl groups excluding tert-OH is 1. The predicted molar refractivity (Wildman–Crippen MR) is 102 cm³/mol. The molecule has 1 N–H and O–H groups in total. The Morgan fingerprint density at radius 1 is 1.19 bits per heavy atom. The Kier molecular flexibility index (Phi) is 7.42. The van der Waals surface area contributed by atoms with Crippen LogP contribution in [-0.2, 0) is 0 Å². The lowest BCUT2D eigenvalue weighted by atomic mass is 9.95. The molecule has 5 nitrogen and oxygen atoms in total. The molecule has 2 aliphatic heterocycles. The van der Waals surface area contributed by atoms with E-state index < -0.39 is 12.5 Å². The highest BCUT2D eigenvalue weighted by atomic mass is 19.3. The van der Waals surface area contributed by atoms with E-state index in [2.05, 4.69) is 42.2 Å². The minimum absolute atomic E-state index is 0.126. The van der Waals surface area contributed by atoms with Crippen molar-refractivity contribution >= 4 is 0 Å². The van der Waals surface area contributed by atoms with Gasteiger partial charge < -0.3 is 14.9 Å². The van der Waals surface area contributed by atoms with Crippen LogP contribution in [0.3, 0.4) is 0 Å². The number of alkyl halides is 2. The maximum absolute atomic E-state index is 13.5. The lowest BCUT2D eigenvalue weighted by Crippen LogP contribution is -2.64. The summed E-state index contributed by atoms with van der Waals surface area (Å²) >= 11 is 0. The highest BCUT2D eigenvalue weighted by Gasteiger charge is 2.39. The number of allylic oxidation sites excluding steroid dienone is 1. The fourth-order valence-corrected chi connectivity index (χ4v) is 4.54. The van der Waals surface area contributed by atoms with Gasteiger partial charge in [-0.3, -0.25) is 9.80 Å². The highest BCUT2D eigenvalue weighted by molar-refractivity contribution is 5.00. The Balaban J connectivity index is 2.04. The average Bonchev–Trinajstić information content (AvgIpc) is 2.54. The van der Waals surface area contributed by atoms with Gasteiger partial charge in [-0.25, -0.2) is 8.78 Å². The summed E-state index contributed by atoms with van der Waals surface area (Å²) in [6.07, 6.45) is -1.62. The molecule has 0 aromatic carbocycles. The Bertz CT molecular complexity index is 474. The largest absolute Gasteiger partial charge is 0.396 e. The molecule has 0 aromatic rings. The molecule has 2 fully saturated rings. The molecular weight excluding hydrogens is 338 g/mol. The Morgan fingerprint density at radius 3 is 2.46 bits per heavy atom. The first-order chi connectivity index (χ1) is 12.2. The molecule has 0 amide bonds. The monoisotopic (exact) mass is 374 g/mol. The Morgan fingerprint density at radius 2 is 1.88 bits per heavy atom. The summed E-state index contributed by atoms with van der Waals surface area (Å²) in [6, 6.07) is -0.478. The van der Waals surface area contributed by atoms with E-state index in [1.165, 1.54) is 0 Å². The molecular formula is C19H36F2N4O. The molecule has 0 aliphatic carbocycles. The lowest BCUT2D eigenvalue weighted by molar-refractivity contribution is -0.0450. The van der Waals surface area contributed by atoms with Gasteiger partial charge in [0.05, 0.1) is 0 Å². The number of rotatable bonds is 7. The number of piperazine rings is 2. The van der Waals surface area contributed by atoms with E-state index in [1.807, 2.05) is 0 Å². The SMILES string of the molecule is C=C(C)N1CCN(CC(C)(C)N2CCN(C)CC2CCO)CC1C(F)F. The van der Waals surface area contributed by atoms with Crippen LogP contribution in [0.25, 0.3) is 0 Å². The van der Waals surface area contributed by atoms with Crippen LogP contribution < -0.4 is 0 Å². The van der Waals surface area contributed by atoms with Gasteiger partial charge in [-0.1, -0.05) is 6.58 Å². The van der Waals surface area contributed by atoms with Crippen LogP contribution in [0.15, 0.2) is 12.3 Å². The number of nitrogens with zero attached hydrogens (tertiary/aromatic N) is 4. The molecule has 2 unspecified atom stereocenters. The number of hydrogen-bond donors (Lipinski definition) is 1. The predicted octanol–water partition coefficient (Wildman–Crippen LogP) is 1.55. The van der Waals surface area contributed by atoms with Crippen LogP contribution in [0.4, 0.5) is 8.78 Å². The van der Waals surface area contributed by atoms with Crippen molar-refractivity contribution in [3.05, 3.63) is 12.3 Å². The van der Waals surface area contributed by atoms with Crippen LogP contribution in [0.1, 0.15) is 27.2 Å². The van der Waals surface area contributed by atoms with Crippen molar-refractivity contribution in [1.82, 2.24) is 19.6 Å². The van der Waals surface area contributed by atoms with Gasteiger partial charge in [0.25, 0.3) is 6.43 Å². The molecule has 2 heterocycles. The number of halogens is 2. The van der Waals surface area contributed by atoms with Gasteiger partial charge in [-0.2, -0.15) is 0 Å².